The van der Waals surface area contributed by atoms with Crippen LogP contribution < -0.4 is 0 Å². The molecule has 2 aliphatic rings. The van der Waals surface area contributed by atoms with E-state index >= 15 is 0 Å². The summed E-state index contributed by atoms with van der Waals surface area (Å²) < 4.78 is 53.5. The maximum absolute atomic E-state index is 13.7. The monoisotopic (exact) mass is 974 g/mol. The second-order valence-corrected chi connectivity index (χ2v) is 19.0. The molecule has 0 unspecified atom stereocenters. The molecule has 16 atom stereocenters. The summed E-state index contributed by atoms with van der Waals surface area (Å²) in [5.41, 5.74) is 1.41. The largest absolute Gasteiger partial charge is 0.458 e. The highest BCUT2D eigenvalue weighted by Gasteiger charge is 2.40. The van der Waals surface area contributed by atoms with Crippen LogP contribution in [0.1, 0.15) is 93.4 Å². The molecule has 69 heavy (non-hydrogen) atoms. The number of Topliss-reactive ketones (excluding diaryl/α,β-unsaturated/α-hetero) is 1. The Hall–Kier alpha value is -3.80. The molecule has 0 fully saturated rings. The van der Waals surface area contributed by atoms with Crippen LogP contribution in [0, 0.1) is 35.5 Å². The molecule has 0 aliphatic carbocycles. The highest BCUT2D eigenvalue weighted by atomic mass is 16.6. The normalized spacial score (nSPS) is 32.7. The molecule has 392 valence electrons. The third kappa shape index (κ3) is 20.1. The van der Waals surface area contributed by atoms with Crippen LogP contribution in [-0.2, 0) is 61.8 Å². The van der Waals surface area contributed by atoms with E-state index in [1.165, 1.54) is 17.1 Å². The Morgan fingerprint density at radius 1 is 0.826 bits per heavy atom. The fourth-order valence-electron chi connectivity index (χ4n) is 9.42. The Morgan fingerprint density at radius 3 is 2.01 bits per heavy atom. The van der Waals surface area contributed by atoms with Gasteiger partial charge in [-0.15, -0.1) is 0 Å². The number of carbonyl (C=O) groups is 4. The van der Waals surface area contributed by atoms with Crippen molar-refractivity contribution in [3.8, 4) is 0 Å². The first kappa shape index (κ1) is 61.3. The molecule has 2 rings (SSSR count). The van der Waals surface area contributed by atoms with Crippen molar-refractivity contribution in [3.05, 3.63) is 72.0 Å². The summed E-state index contributed by atoms with van der Waals surface area (Å²) in [6, 6.07) is 0. The number of fused-ring (bicyclic) bond motifs is 2. The van der Waals surface area contributed by atoms with Crippen LogP contribution in [0.25, 0.3) is 0 Å². The van der Waals surface area contributed by atoms with Gasteiger partial charge in [-0.2, -0.15) is 0 Å². The first-order valence-electron chi connectivity index (χ1n) is 24.4. The number of esters is 2. The summed E-state index contributed by atoms with van der Waals surface area (Å²) in [7, 11) is 13.0. The van der Waals surface area contributed by atoms with Crippen LogP contribution in [0.3, 0.4) is 0 Å². The number of ketones is 1. The number of ether oxygens (including phenoxy) is 9. The van der Waals surface area contributed by atoms with Gasteiger partial charge in [-0.25, -0.2) is 9.59 Å². The molecule has 1 N–H and O–H groups in total. The van der Waals surface area contributed by atoms with Gasteiger partial charge < -0.3 is 52.6 Å². The average Bonchev–Trinajstić information content (AvgIpc) is 3.33. The third-order valence-corrected chi connectivity index (χ3v) is 14.0. The fraction of sp³-hybridized carbons (Fsp3) is 0.704. The van der Waals surface area contributed by atoms with Gasteiger partial charge in [0, 0.05) is 124 Å². The van der Waals surface area contributed by atoms with Gasteiger partial charge in [0.2, 0.25) is 6.41 Å². The molecule has 0 saturated heterocycles. The molecule has 0 aromatic heterocycles. The number of cyclic esters (lactones) is 1. The quantitative estimate of drug-likeness (QED) is 0.0763. The van der Waals surface area contributed by atoms with Crippen LogP contribution in [0.15, 0.2) is 72.0 Å². The van der Waals surface area contributed by atoms with E-state index in [1.54, 1.807) is 69.1 Å². The van der Waals surface area contributed by atoms with Crippen molar-refractivity contribution < 1.29 is 66.9 Å². The minimum atomic E-state index is -1.08. The molecule has 0 saturated carbocycles. The van der Waals surface area contributed by atoms with Crippen molar-refractivity contribution in [3.63, 3.8) is 0 Å². The molecule has 1 amide bonds. The zero-order valence-corrected chi connectivity index (χ0v) is 44.2. The van der Waals surface area contributed by atoms with E-state index in [-0.39, 0.29) is 84.3 Å². The summed E-state index contributed by atoms with van der Waals surface area (Å²) >= 11 is 0. The Morgan fingerprint density at radius 2 is 1.45 bits per heavy atom. The number of carbonyl (C=O) groups excluding carboxylic acids is 4. The molecular formula is C54H87NO14. The minimum Gasteiger partial charge on any atom is -0.458 e. The van der Waals surface area contributed by atoms with Crippen LogP contribution in [0.4, 0.5) is 0 Å². The zero-order valence-electron chi connectivity index (χ0n) is 44.2. The minimum absolute atomic E-state index is 0.0553. The maximum atomic E-state index is 13.7. The summed E-state index contributed by atoms with van der Waals surface area (Å²) in [6.45, 7) is 13.8. The number of hydrogen-bond acceptors (Lipinski definition) is 14. The highest BCUT2D eigenvalue weighted by molar-refractivity contribution is 5.84. The number of nitrogens with zero attached hydrogens (tertiary/aromatic N) is 1. The third-order valence-electron chi connectivity index (χ3n) is 14.0. The Labute approximate surface area is 413 Å². The average molecular weight is 974 g/mol. The Kier molecular flexibility index (Phi) is 28.6. The summed E-state index contributed by atoms with van der Waals surface area (Å²) in [6.07, 6.45) is 16.4. The van der Waals surface area contributed by atoms with Crippen molar-refractivity contribution in [1.82, 2.24) is 4.90 Å². The lowest BCUT2D eigenvalue weighted by Gasteiger charge is -2.37. The van der Waals surface area contributed by atoms with Crippen LogP contribution >= 0.6 is 0 Å². The van der Waals surface area contributed by atoms with Crippen molar-refractivity contribution in [2.24, 2.45) is 35.5 Å². The number of aliphatic hydroxyl groups is 1. The molecule has 2 bridgehead atoms. The van der Waals surface area contributed by atoms with Crippen LogP contribution in [0.2, 0.25) is 0 Å². The number of aliphatic hydroxyl groups excluding tert-OH is 1. The number of methoxy groups -OCH3 is 7. The SMILES string of the molecule is CO[C@H]1CC2=CC(=O)O[C@H]([C@H](C)[C@@H](OC)C[C@@H](OC)/C=C/[C@H](C)[C@@H](OC)C[C@@H](OC)/C=C/[C@H](C)[C@H]([C@H](C)[C@H](OC)[C@H](C)CCC(=O)[C@H](C)[C@H](C/C=C/N(C)C=O)OC)OC(=O)/C=C/C=C(\C)C1)[C@@H]2O. The van der Waals surface area contributed by atoms with Crippen LogP contribution in [-0.4, -0.2) is 152 Å². The van der Waals surface area contributed by atoms with Gasteiger partial charge in [0.25, 0.3) is 0 Å². The van der Waals surface area contributed by atoms with E-state index in [2.05, 4.69) is 13.0 Å². The second-order valence-electron chi connectivity index (χ2n) is 19.0. The molecule has 0 aromatic carbocycles. The lowest BCUT2D eigenvalue weighted by atomic mass is 9.81. The van der Waals surface area contributed by atoms with Gasteiger partial charge in [0.05, 0.1) is 42.7 Å². The molecule has 0 aromatic rings. The molecule has 15 nitrogen and oxygen atoms in total. The van der Waals surface area contributed by atoms with Gasteiger partial charge in [-0.3, -0.25) is 9.59 Å². The van der Waals surface area contributed by atoms with Gasteiger partial charge in [-0.1, -0.05) is 89.6 Å². The van der Waals surface area contributed by atoms with Gasteiger partial charge in [0.1, 0.15) is 24.1 Å². The molecular weight excluding hydrogens is 887 g/mol. The van der Waals surface area contributed by atoms with Crippen molar-refractivity contribution >= 4 is 24.1 Å². The van der Waals surface area contributed by atoms with Gasteiger partial charge in [0.15, 0.2) is 0 Å². The van der Waals surface area contributed by atoms with E-state index in [0.717, 1.165) is 5.57 Å². The van der Waals surface area contributed by atoms with Crippen molar-refractivity contribution in [2.45, 2.75) is 154 Å². The second kappa shape index (κ2) is 32.2. The highest BCUT2D eigenvalue weighted by Crippen LogP contribution is 2.33. The summed E-state index contributed by atoms with van der Waals surface area (Å²) in [5.74, 6) is -2.51. The molecule has 0 spiro atoms. The molecule has 2 heterocycles. The molecule has 15 heteroatoms. The predicted molar refractivity (Wildman–Crippen MR) is 266 cm³/mol. The fourth-order valence-corrected chi connectivity index (χ4v) is 9.42. The molecule has 0 radical (unpaired) electrons. The molecule has 2 aliphatic heterocycles. The standard InChI is InChI=1S/C54H87NO14/c1-34-18-16-20-49(58)68-53(40(7)52(67-15)36(3)23-26-45(57)38(5)46(64-12)19-17-27-55(8)33-56)37(4)22-25-42(61-9)31-47(65-13)35(2)21-24-43(62-10)32-48(66-14)39(6)54-51(60)41(30-50(59)69-54)29-44(28-34)63-11/h16-18,20-22,24-25,27,30,33,35-40,42-44,46-48,51-54,60H,19,23,26,28-29,31-32H2,1-15H3/b20-16+,24-21+,25-22+,27-17+,34-18+/t35-,36+,37-,38-,39+,40+,42-,43-,44+,46-,47-,48-,51+,52+,53+,54+/m0/s1. The Balaban J connectivity index is 2.52. The zero-order chi connectivity index (χ0) is 51.8. The summed E-state index contributed by atoms with van der Waals surface area (Å²) in [5, 5.41) is 11.6. The smallest absolute Gasteiger partial charge is 0.331 e. The number of hydrogen-bond donors (Lipinski definition) is 1. The lowest BCUT2D eigenvalue weighted by molar-refractivity contribution is -0.160. The number of allylic oxidation sites excluding steroid dienone is 2. The first-order chi connectivity index (χ1) is 32.8. The first-order valence-corrected chi connectivity index (χ1v) is 24.4. The van der Waals surface area contributed by atoms with Crippen LogP contribution in [0.5, 0.6) is 0 Å². The van der Waals surface area contributed by atoms with Crippen molar-refractivity contribution in [2.75, 3.05) is 56.8 Å². The number of amides is 1. The summed E-state index contributed by atoms with van der Waals surface area (Å²) in [4.78, 5) is 52.5. The van der Waals surface area contributed by atoms with E-state index in [1.807, 2.05) is 71.9 Å². The maximum Gasteiger partial charge on any atom is 0.331 e. The predicted octanol–water partition coefficient (Wildman–Crippen LogP) is 7.56. The Bertz CT molecular complexity index is 1740. The van der Waals surface area contributed by atoms with E-state index in [0.29, 0.717) is 50.5 Å². The van der Waals surface area contributed by atoms with Crippen molar-refractivity contribution in [1.29, 1.82) is 0 Å². The van der Waals surface area contributed by atoms with E-state index in [4.69, 9.17) is 42.6 Å². The van der Waals surface area contributed by atoms with Gasteiger partial charge in [-0.05, 0) is 44.1 Å². The van der Waals surface area contributed by atoms with E-state index in [9.17, 15) is 24.3 Å². The topological polar surface area (TPSA) is 175 Å². The lowest BCUT2D eigenvalue weighted by Crippen LogP contribution is -2.46. The van der Waals surface area contributed by atoms with Gasteiger partial charge >= 0.3 is 11.9 Å². The van der Waals surface area contributed by atoms with E-state index < -0.39 is 36.4 Å². The number of rotatable bonds is 19.